The number of methoxy groups -OCH3 is 1. The topological polar surface area (TPSA) is 59.6 Å². The molecule has 3 rings (SSSR count). The summed E-state index contributed by atoms with van der Waals surface area (Å²) in [5.41, 5.74) is 4.12. The number of carbonyl (C=O) groups is 1. The minimum atomic E-state index is -0.204. The zero-order chi connectivity index (χ0) is 19.4. The molecule has 0 radical (unpaired) electrons. The summed E-state index contributed by atoms with van der Waals surface area (Å²) in [4.78, 5) is 12.6. The summed E-state index contributed by atoms with van der Waals surface area (Å²) in [5, 5.41) is 6.62. The molecule has 0 saturated carbocycles. The van der Waals surface area contributed by atoms with Crippen LogP contribution in [-0.2, 0) is 19.6 Å². The van der Waals surface area contributed by atoms with Crippen LogP contribution in [0.4, 0.5) is 0 Å². The minimum absolute atomic E-state index is 0. The molecule has 0 atom stereocenters. The Morgan fingerprint density at radius 1 is 1.21 bits per heavy atom. The first-order valence-electron chi connectivity index (χ1n) is 9.08. The van der Waals surface area contributed by atoms with Gasteiger partial charge in [0.05, 0.1) is 18.7 Å². The van der Waals surface area contributed by atoms with Crippen molar-refractivity contribution < 1.29 is 14.3 Å². The minimum Gasteiger partial charge on any atom is -0.493 e. The maximum absolute atomic E-state index is 12.6. The van der Waals surface area contributed by atoms with Gasteiger partial charge in [-0.15, -0.1) is 12.4 Å². The predicted molar refractivity (Wildman–Crippen MR) is 114 cm³/mol. The lowest BCUT2D eigenvalue weighted by molar-refractivity contribution is 0.0950. The van der Waals surface area contributed by atoms with Gasteiger partial charge in [0.25, 0.3) is 5.91 Å². The number of carbonyl (C=O) groups excluding carboxylic acids is 1. The van der Waals surface area contributed by atoms with Crippen LogP contribution in [0.3, 0.4) is 0 Å². The summed E-state index contributed by atoms with van der Waals surface area (Å²) in [6.07, 6.45) is 0. The molecule has 2 N–H and O–H groups in total. The van der Waals surface area contributed by atoms with Gasteiger partial charge in [0, 0.05) is 25.2 Å². The standard InChI is InChI=1S/C21H25ClN2O3.ClH/c1-13(2)12-27-20-18(22)7-16(8-19(20)26-3)21(25)24-9-14-4-5-15-10-23-11-17(15)6-14;/h4-8,13,23H,9-12H2,1-3H3,(H,24,25);1H. The second kappa shape index (κ2) is 10.0. The Labute approximate surface area is 177 Å². The summed E-state index contributed by atoms with van der Waals surface area (Å²) >= 11 is 6.33. The maximum atomic E-state index is 12.6. The van der Waals surface area contributed by atoms with Crippen molar-refractivity contribution in [2.75, 3.05) is 13.7 Å². The number of hydrogen-bond acceptors (Lipinski definition) is 4. The van der Waals surface area contributed by atoms with Crippen LogP contribution in [0.15, 0.2) is 30.3 Å². The van der Waals surface area contributed by atoms with Crippen molar-refractivity contribution in [3.63, 3.8) is 0 Å². The second-order valence-corrected chi connectivity index (χ2v) is 7.49. The second-order valence-electron chi connectivity index (χ2n) is 7.08. The zero-order valence-corrected chi connectivity index (χ0v) is 17.9. The largest absolute Gasteiger partial charge is 0.493 e. The van der Waals surface area contributed by atoms with Crippen LogP contribution < -0.4 is 20.1 Å². The average Bonchev–Trinajstić information content (AvgIpc) is 3.12. The highest BCUT2D eigenvalue weighted by atomic mass is 35.5. The number of ether oxygens (including phenoxy) is 2. The van der Waals surface area contributed by atoms with Crippen molar-refractivity contribution in [1.82, 2.24) is 10.6 Å². The van der Waals surface area contributed by atoms with Gasteiger partial charge in [-0.25, -0.2) is 0 Å². The summed E-state index contributed by atoms with van der Waals surface area (Å²) in [6, 6.07) is 9.55. The van der Waals surface area contributed by atoms with Crippen molar-refractivity contribution in [3.05, 3.63) is 57.6 Å². The number of nitrogens with one attached hydrogen (secondary N) is 2. The Hall–Kier alpha value is -1.95. The summed E-state index contributed by atoms with van der Waals surface area (Å²) in [7, 11) is 1.54. The fourth-order valence-corrected chi connectivity index (χ4v) is 3.25. The molecule has 0 saturated heterocycles. The van der Waals surface area contributed by atoms with Gasteiger partial charge in [0.1, 0.15) is 0 Å². The first-order chi connectivity index (χ1) is 13.0. The highest BCUT2D eigenvalue weighted by Gasteiger charge is 2.17. The van der Waals surface area contributed by atoms with Crippen LogP contribution in [0.2, 0.25) is 5.02 Å². The van der Waals surface area contributed by atoms with E-state index in [2.05, 4.69) is 36.6 Å². The SMILES string of the molecule is COc1cc(C(=O)NCc2ccc3c(c2)CNC3)cc(Cl)c1OCC(C)C.Cl. The van der Waals surface area contributed by atoms with Crippen molar-refractivity contribution in [2.45, 2.75) is 33.5 Å². The number of hydrogen-bond donors (Lipinski definition) is 2. The van der Waals surface area contributed by atoms with Crippen molar-refractivity contribution >= 4 is 29.9 Å². The van der Waals surface area contributed by atoms with Gasteiger partial charge in [0.2, 0.25) is 0 Å². The van der Waals surface area contributed by atoms with Crippen LogP contribution in [0.5, 0.6) is 11.5 Å². The highest BCUT2D eigenvalue weighted by Crippen LogP contribution is 2.36. The highest BCUT2D eigenvalue weighted by molar-refractivity contribution is 6.32. The lowest BCUT2D eigenvalue weighted by Gasteiger charge is -2.15. The molecular weight excluding hydrogens is 399 g/mol. The fraction of sp³-hybridized carbons (Fsp3) is 0.381. The van der Waals surface area contributed by atoms with Gasteiger partial charge in [-0.3, -0.25) is 4.79 Å². The average molecular weight is 425 g/mol. The molecule has 0 spiro atoms. The molecule has 2 aromatic rings. The molecular formula is C21H26Cl2N2O3. The molecule has 5 nitrogen and oxygen atoms in total. The van der Waals surface area contributed by atoms with E-state index in [9.17, 15) is 4.79 Å². The third kappa shape index (κ3) is 5.31. The Morgan fingerprint density at radius 3 is 2.68 bits per heavy atom. The zero-order valence-electron chi connectivity index (χ0n) is 16.3. The fourth-order valence-electron chi connectivity index (χ4n) is 2.98. The molecule has 1 aliphatic rings. The Kier molecular flexibility index (Phi) is 7.98. The summed E-state index contributed by atoms with van der Waals surface area (Å²) in [6.45, 7) is 6.87. The molecule has 0 bridgehead atoms. The van der Waals surface area contributed by atoms with E-state index in [-0.39, 0.29) is 18.3 Å². The van der Waals surface area contributed by atoms with Crippen LogP contribution in [0.25, 0.3) is 0 Å². The molecule has 1 heterocycles. The van der Waals surface area contributed by atoms with Gasteiger partial charge in [0.15, 0.2) is 11.5 Å². The number of fused-ring (bicyclic) bond motifs is 1. The molecule has 1 aliphatic heterocycles. The van der Waals surface area contributed by atoms with Gasteiger partial charge >= 0.3 is 0 Å². The van der Waals surface area contributed by atoms with Crippen molar-refractivity contribution in [1.29, 1.82) is 0 Å². The quantitative estimate of drug-likeness (QED) is 0.693. The van der Waals surface area contributed by atoms with Crippen LogP contribution in [-0.4, -0.2) is 19.6 Å². The summed E-state index contributed by atoms with van der Waals surface area (Å²) in [5.74, 6) is 1.08. The third-order valence-electron chi connectivity index (χ3n) is 4.41. The number of rotatable bonds is 7. The molecule has 0 fully saturated rings. The van der Waals surface area contributed by atoms with Crippen LogP contribution in [0.1, 0.15) is 40.9 Å². The molecule has 7 heteroatoms. The van der Waals surface area contributed by atoms with Gasteiger partial charge in [-0.1, -0.05) is 43.6 Å². The van der Waals surface area contributed by atoms with E-state index < -0.39 is 0 Å². The van der Waals surface area contributed by atoms with Gasteiger partial charge in [-0.05, 0) is 34.7 Å². The van der Waals surface area contributed by atoms with E-state index in [0.717, 1.165) is 18.7 Å². The Balaban J connectivity index is 0.00000280. The molecule has 2 aromatic carbocycles. The number of amides is 1. The lowest BCUT2D eigenvalue weighted by atomic mass is 10.1. The van der Waals surface area contributed by atoms with Crippen LogP contribution in [0, 0.1) is 5.92 Å². The molecule has 0 unspecified atom stereocenters. The molecule has 28 heavy (non-hydrogen) atoms. The smallest absolute Gasteiger partial charge is 0.251 e. The van der Waals surface area contributed by atoms with Crippen molar-refractivity contribution in [3.8, 4) is 11.5 Å². The first-order valence-corrected chi connectivity index (χ1v) is 9.45. The van der Waals surface area contributed by atoms with E-state index >= 15 is 0 Å². The Morgan fingerprint density at radius 2 is 1.96 bits per heavy atom. The van der Waals surface area contributed by atoms with E-state index in [1.54, 1.807) is 12.1 Å². The molecule has 1 amide bonds. The van der Waals surface area contributed by atoms with Crippen LogP contribution >= 0.6 is 24.0 Å². The van der Waals surface area contributed by atoms with E-state index in [0.29, 0.717) is 41.2 Å². The normalized spacial score (nSPS) is 12.3. The van der Waals surface area contributed by atoms with Crippen molar-refractivity contribution in [2.24, 2.45) is 5.92 Å². The van der Waals surface area contributed by atoms with Gasteiger partial charge < -0.3 is 20.1 Å². The van der Waals surface area contributed by atoms with Gasteiger partial charge in [-0.2, -0.15) is 0 Å². The first kappa shape index (κ1) is 22.3. The molecule has 152 valence electrons. The monoisotopic (exact) mass is 424 g/mol. The number of benzene rings is 2. The maximum Gasteiger partial charge on any atom is 0.251 e. The number of halogens is 2. The van der Waals surface area contributed by atoms with E-state index in [4.69, 9.17) is 21.1 Å². The summed E-state index contributed by atoms with van der Waals surface area (Å²) < 4.78 is 11.1. The molecule has 0 aliphatic carbocycles. The Bertz CT molecular complexity index is 841. The third-order valence-corrected chi connectivity index (χ3v) is 4.69. The lowest BCUT2D eigenvalue weighted by Crippen LogP contribution is -2.23. The predicted octanol–water partition coefficient (Wildman–Crippen LogP) is 4.34. The van der Waals surface area contributed by atoms with E-state index in [1.807, 2.05) is 6.07 Å². The molecule has 0 aromatic heterocycles. The van der Waals surface area contributed by atoms with E-state index in [1.165, 1.54) is 18.2 Å².